The van der Waals surface area contributed by atoms with E-state index in [1.54, 1.807) is 18.2 Å². The third-order valence-electron chi connectivity index (χ3n) is 3.06. The van der Waals surface area contributed by atoms with Gasteiger partial charge in [-0.1, -0.05) is 31.9 Å². The summed E-state index contributed by atoms with van der Waals surface area (Å²) in [5.41, 5.74) is 6.45. The summed E-state index contributed by atoms with van der Waals surface area (Å²) in [7, 11) is 0. The highest BCUT2D eigenvalue weighted by atomic mass is 35.5. The van der Waals surface area contributed by atoms with Gasteiger partial charge in [-0.15, -0.1) is 0 Å². The highest BCUT2D eigenvalue weighted by Crippen LogP contribution is 2.28. The molecule has 2 unspecified atom stereocenters. The molecule has 1 aromatic rings. The van der Waals surface area contributed by atoms with E-state index in [1.807, 2.05) is 20.8 Å². The van der Waals surface area contributed by atoms with Crippen molar-refractivity contribution >= 4 is 23.2 Å². The van der Waals surface area contributed by atoms with E-state index in [2.05, 4.69) is 5.32 Å². The van der Waals surface area contributed by atoms with Gasteiger partial charge in [-0.25, -0.2) is 0 Å². The molecule has 2 atom stereocenters. The molecule has 0 aromatic heterocycles. The fourth-order valence-electron chi connectivity index (χ4n) is 1.61. The molecule has 4 nitrogen and oxygen atoms in total. The molecule has 1 amide bonds. The van der Waals surface area contributed by atoms with E-state index in [0.29, 0.717) is 23.1 Å². The van der Waals surface area contributed by atoms with Gasteiger partial charge in [0.2, 0.25) is 5.91 Å². The first kappa shape index (κ1) is 15.8. The second-order valence-corrected chi connectivity index (χ2v) is 4.91. The lowest BCUT2D eigenvalue weighted by Crippen LogP contribution is -2.40. The molecule has 0 fully saturated rings. The van der Waals surface area contributed by atoms with E-state index in [9.17, 15) is 4.79 Å². The number of carbonyl (C=O) groups is 1. The van der Waals surface area contributed by atoms with Gasteiger partial charge in [-0.3, -0.25) is 4.79 Å². The molecular weight excluding hydrogens is 264 g/mol. The molecular formula is C14H21ClN2O2. The lowest BCUT2D eigenvalue weighted by molar-refractivity contribution is -0.118. The number of anilines is 1. The van der Waals surface area contributed by atoms with Crippen LogP contribution in [0.2, 0.25) is 5.02 Å². The molecule has 0 spiro atoms. The molecule has 0 saturated heterocycles. The molecule has 0 bridgehead atoms. The second kappa shape index (κ2) is 7.36. The Morgan fingerprint density at radius 1 is 1.47 bits per heavy atom. The van der Waals surface area contributed by atoms with Crippen molar-refractivity contribution < 1.29 is 9.53 Å². The average molecular weight is 285 g/mol. The molecule has 19 heavy (non-hydrogen) atoms. The highest BCUT2D eigenvalue weighted by Gasteiger charge is 2.20. The fraction of sp³-hybridized carbons (Fsp3) is 0.500. The Balaban J connectivity index is 2.85. The number of nitrogens with two attached hydrogens (primary N) is 1. The van der Waals surface area contributed by atoms with Gasteiger partial charge in [0.25, 0.3) is 0 Å². The molecule has 106 valence electrons. The SMILES string of the molecule is CCOc1ccc(Cl)cc1NC(=O)C(N)C(C)CC. The van der Waals surface area contributed by atoms with Crippen molar-refractivity contribution in [2.24, 2.45) is 11.7 Å². The maximum absolute atomic E-state index is 12.0. The van der Waals surface area contributed by atoms with Crippen molar-refractivity contribution in [3.8, 4) is 5.75 Å². The monoisotopic (exact) mass is 284 g/mol. The topological polar surface area (TPSA) is 64.3 Å². The number of ether oxygens (including phenoxy) is 1. The predicted octanol–water partition coefficient (Wildman–Crippen LogP) is 3.05. The molecule has 3 N–H and O–H groups in total. The largest absolute Gasteiger partial charge is 0.492 e. The first-order chi connectivity index (χ1) is 8.99. The summed E-state index contributed by atoms with van der Waals surface area (Å²) in [6.45, 7) is 6.35. The molecule has 5 heteroatoms. The third kappa shape index (κ3) is 4.40. The molecule has 1 aromatic carbocycles. The van der Waals surface area contributed by atoms with E-state index < -0.39 is 6.04 Å². The minimum absolute atomic E-state index is 0.120. The van der Waals surface area contributed by atoms with Crippen LogP contribution < -0.4 is 15.8 Å². The van der Waals surface area contributed by atoms with E-state index >= 15 is 0 Å². The normalized spacial score (nSPS) is 13.7. The zero-order valence-corrected chi connectivity index (χ0v) is 12.3. The number of amides is 1. The summed E-state index contributed by atoms with van der Waals surface area (Å²) in [5, 5.41) is 3.32. The highest BCUT2D eigenvalue weighted by molar-refractivity contribution is 6.31. The Labute approximate surface area is 119 Å². The number of nitrogens with one attached hydrogen (secondary N) is 1. The third-order valence-corrected chi connectivity index (χ3v) is 3.29. The van der Waals surface area contributed by atoms with Crippen LogP contribution in [0.15, 0.2) is 18.2 Å². The van der Waals surface area contributed by atoms with Gasteiger partial charge >= 0.3 is 0 Å². The Kier molecular flexibility index (Phi) is 6.12. The lowest BCUT2D eigenvalue weighted by atomic mass is 9.99. The van der Waals surface area contributed by atoms with Gasteiger partial charge in [0.15, 0.2) is 0 Å². The maximum atomic E-state index is 12.0. The summed E-state index contributed by atoms with van der Waals surface area (Å²) in [6.07, 6.45) is 0.850. The van der Waals surface area contributed by atoms with Crippen molar-refractivity contribution in [1.82, 2.24) is 0 Å². The Morgan fingerprint density at radius 2 is 2.16 bits per heavy atom. The summed E-state index contributed by atoms with van der Waals surface area (Å²) in [5.74, 6) is 0.490. The smallest absolute Gasteiger partial charge is 0.241 e. The number of benzene rings is 1. The van der Waals surface area contributed by atoms with Gasteiger partial charge in [-0.05, 0) is 31.0 Å². The molecule has 0 radical (unpaired) electrons. The van der Waals surface area contributed by atoms with E-state index in [0.717, 1.165) is 6.42 Å². The van der Waals surface area contributed by atoms with E-state index in [4.69, 9.17) is 22.1 Å². The van der Waals surface area contributed by atoms with Crippen LogP contribution in [0.4, 0.5) is 5.69 Å². The zero-order valence-electron chi connectivity index (χ0n) is 11.6. The van der Waals surface area contributed by atoms with Crippen molar-refractivity contribution in [2.75, 3.05) is 11.9 Å². The van der Waals surface area contributed by atoms with Crippen molar-refractivity contribution in [2.45, 2.75) is 33.2 Å². The maximum Gasteiger partial charge on any atom is 0.241 e. The number of hydrogen-bond donors (Lipinski definition) is 2. The summed E-state index contributed by atoms with van der Waals surface area (Å²) >= 11 is 5.93. The summed E-state index contributed by atoms with van der Waals surface area (Å²) in [6, 6.07) is 4.57. The molecule has 1 rings (SSSR count). The molecule has 0 saturated carbocycles. The van der Waals surface area contributed by atoms with Gasteiger partial charge in [0.05, 0.1) is 18.3 Å². The summed E-state index contributed by atoms with van der Waals surface area (Å²) < 4.78 is 5.45. The van der Waals surface area contributed by atoms with Gasteiger partial charge in [0.1, 0.15) is 5.75 Å². The van der Waals surface area contributed by atoms with Gasteiger partial charge in [0, 0.05) is 5.02 Å². The van der Waals surface area contributed by atoms with Crippen molar-refractivity contribution in [1.29, 1.82) is 0 Å². The zero-order chi connectivity index (χ0) is 14.4. The fourth-order valence-corrected chi connectivity index (χ4v) is 1.78. The van der Waals surface area contributed by atoms with Crippen molar-refractivity contribution in [3.05, 3.63) is 23.2 Å². The van der Waals surface area contributed by atoms with Crippen molar-refractivity contribution in [3.63, 3.8) is 0 Å². The van der Waals surface area contributed by atoms with Crippen LogP contribution in [0.3, 0.4) is 0 Å². The van der Waals surface area contributed by atoms with Crippen LogP contribution in [-0.2, 0) is 4.79 Å². The first-order valence-corrected chi connectivity index (χ1v) is 6.86. The Morgan fingerprint density at radius 3 is 2.74 bits per heavy atom. The van der Waals surface area contributed by atoms with Crippen LogP contribution in [0, 0.1) is 5.92 Å². The van der Waals surface area contributed by atoms with Gasteiger partial charge < -0.3 is 15.8 Å². The second-order valence-electron chi connectivity index (χ2n) is 4.47. The van der Waals surface area contributed by atoms with Crippen LogP contribution in [-0.4, -0.2) is 18.6 Å². The van der Waals surface area contributed by atoms with Gasteiger partial charge in [-0.2, -0.15) is 0 Å². The predicted molar refractivity (Wildman–Crippen MR) is 78.7 cm³/mol. The van der Waals surface area contributed by atoms with Crippen LogP contribution in [0.25, 0.3) is 0 Å². The molecule has 0 aliphatic rings. The van der Waals surface area contributed by atoms with Crippen LogP contribution >= 0.6 is 11.6 Å². The lowest BCUT2D eigenvalue weighted by Gasteiger charge is -2.19. The standard InChI is InChI=1S/C14H21ClN2O2/c1-4-9(3)13(16)14(18)17-11-8-10(15)6-7-12(11)19-5-2/h6-9,13H,4-5,16H2,1-3H3,(H,17,18). The number of hydrogen-bond acceptors (Lipinski definition) is 3. The number of carbonyl (C=O) groups excluding carboxylic acids is 1. The molecule has 0 aliphatic heterocycles. The minimum atomic E-state index is -0.543. The number of rotatable bonds is 6. The van der Waals surface area contributed by atoms with Crippen LogP contribution in [0.5, 0.6) is 5.75 Å². The van der Waals surface area contributed by atoms with Crippen LogP contribution in [0.1, 0.15) is 27.2 Å². The molecule has 0 heterocycles. The minimum Gasteiger partial charge on any atom is -0.492 e. The molecule has 0 aliphatic carbocycles. The number of halogens is 1. The summed E-state index contributed by atoms with van der Waals surface area (Å²) in [4.78, 5) is 12.0. The quantitative estimate of drug-likeness (QED) is 0.844. The van der Waals surface area contributed by atoms with E-state index in [1.165, 1.54) is 0 Å². The van der Waals surface area contributed by atoms with E-state index in [-0.39, 0.29) is 11.8 Å². The Hall–Kier alpha value is -1.26. The Bertz CT molecular complexity index is 437. The first-order valence-electron chi connectivity index (χ1n) is 6.48. The average Bonchev–Trinajstić information content (AvgIpc) is 2.40.